The molecule has 1 aliphatic rings. The summed E-state index contributed by atoms with van der Waals surface area (Å²) in [5.41, 5.74) is 0.796. The Morgan fingerprint density at radius 1 is 1.67 bits per heavy atom. The van der Waals surface area contributed by atoms with Gasteiger partial charge in [0.05, 0.1) is 5.69 Å². The van der Waals surface area contributed by atoms with Gasteiger partial charge in [-0.15, -0.1) is 11.3 Å². The van der Waals surface area contributed by atoms with E-state index in [2.05, 4.69) is 24.1 Å². The number of aliphatic carboxylic acids is 1. The third kappa shape index (κ3) is 2.83. The van der Waals surface area contributed by atoms with Crippen LogP contribution in [0.25, 0.3) is 0 Å². The lowest BCUT2D eigenvalue weighted by Gasteiger charge is -2.16. The number of fused-ring (bicyclic) bond motifs is 1. The van der Waals surface area contributed by atoms with Crippen LogP contribution in [-0.2, 0) is 11.2 Å². The summed E-state index contributed by atoms with van der Waals surface area (Å²) in [5, 5.41) is 13.5. The van der Waals surface area contributed by atoms with Crippen LogP contribution in [-0.4, -0.2) is 22.1 Å². The fourth-order valence-corrected chi connectivity index (χ4v) is 3.61. The van der Waals surface area contributed by atoms with Crippen molar-refractivity contribution >= 4 is 22.4 Å². The van der Waals surface area contributed by atoms with Crippen molar-refractivity contribution in [2.45, 2.75) is 57.9 Å². The summed E-state index contributed by atoms with van der Waals surface area (Å²) < 4.78 is 0. The minimum Gasteiger partial charge on any atom is -0.481 e. The maximum absolute atomic E-state index is 11.2. The number of hydrogen-bond donors (Lipinski definition) is 2. The van der Waals surface area contributed by atoms with Crippen LogP contribution in [0.1, 0.15) is 56.0 Å². The van der Waals surface area contributed by atoms with Gasteiger partial charge in [0, 0.05) is 10.9 Å². The second-order valence-electron chi connectivity index (χ2n) is 4.94. The van der Waals surface area contributed by atoms with E-state index in [1.807, 2.05) is 0 Å². The number of nitrogens with one attached hydrogen (secondary N) is 1. The molecule has 2 unspecified atom stereocenters. The van der Waals surface area contributed by atoms with Crippen molar-refractivity contribution in [1.29, 1.82) is 0 Å². The first-order valence-corrected chi connectivity index (χ1v) is 7.42. The zero-order valence-electron chi connectivity index (χ0n) is 10.9. The van der Waals surface area contributed by atoms with Crippen LogP contribution in [0.15, 0.2) is 0 Å². The predicted molar refractivity (Wildman–Crippen MR) is 73.4 cm³/mol. The van der Waals surface area contributed by atoms with Crippen LogP contribution < -0.4 is 5.32 Å². The molecule has 0 aromatic carbocycles. The van der Waals surface area contributed by atoms with Gasteiger partial charge in [-0.3, -0.25) is 4.79 Å². The van der Waals surface area contributed by atoms with Crippen LogP contribution in [0.2, 0.25) is 0 Å². The first kappa shape index (κ1) is 13.3. The number of rotatable bonds is 5. The van der Waals surface area contributed by atoms with Crippen molar-refractivity contribution in [3.63, 3.8) is 0 Å². The summed E-state index contributed by atoms with van der Waals surface area (Å²) in [4.78, 5) is 16.9. The SMILES string of the molecule is CCCC(C)Nc1nc2c(s1)CCCC2C(=O)O. The van der Waals surface area contributed by atoms with Gasteiger partial charge in [0.25, 0.3) is 0 Å². The standard InChI is InChI=1S/C13H20N2O2S/c1-3-5-8(2)14-13-15-11-9(12(16)17)6-4-7-10(11)18-13/h8-9H,3-7H2,1-2H3,(H,14,15)(H,16,17). The Bertz CT molecular complexity index is 431. The number of nitrogens with zero attached hydrogens (tertiary/aromatic N) is 1. The number of aryl methyl sites for hydroxylation is 1. The minimum absolute atomic E-state index is 0.394. The molecular weight excluding hydrogens is 248 g/mol. The van der Waals surface area contributed by atoms with Crippen LogP contribution in [0.5, 0.6) is 0 Å². The van der Waals surface area contributed by atoms with E-state index in [9.17, 15) is 9.90 Å². The molecule has 4 nitrogen and oxygen atoms in total. The van der Waals surface area contributed by atoms with Crippen molar-refractivity contribution in [2.75, 3.05) is 5.32 Å². The molecule has 0 fully saturated rings. The Morgan fingerprint density at radius 3 is 3.11 bits per heavy atom. The number of hydrogen-bond acceptors (Lipinski definition) is 4. The average Bonchev–Trinajstić information content (AvgIpc) is 2.70. The lowest BCUT2D eigenvalue weighted by Crippen LogP contribution is -2.18. The van der Waals surface area contributed by atoms with Gasteiger partial charge in [0.15, 0.2) is 5.13 Å². The van der Waals surface area contributed by atoms with Gasteiger partial charge in [0.1, 0.15) is 5.92 Å². The van der Waals surface area contributed by atoms with Crippen molar-refractivity contribution in [2.24, 2.45) is 0 Å². The molecule has 1 aromatic heterocycles. The number of anilines is 1. The fourth-order valence-electron chi connectivity index (χ4n) is 2.44. The van der Waals surface area contributed by atoms with Gasteiger partial charge in [-0.25, -0.2) is 4.98 Å². The summed E-state index contributed by atoms with van der Waals surface area (Å²) in [7, 11) is 0. The molecule has 0 saturated heterocycles. The summed E-state index contributed by atoms with van der Waals surface area (Å²) in [6.45, 7) is 4.30. The number of carboxylic acids is 1. The summed E-state index contributed by atoms with van der Waals surface area (Å²) in [5.74, 6) is -1.14. The Balaban J connectivity index is 2.14. The minimum atomic E-state index is -0.741. The van der Waals surface area contributed by atoms with Gasteiger partial charge < -0.3 is 10.4 Å². The molecule has 1 aliphatic carbocycles. The lowest BCUT2D eigenvalue weighted by atomic mass is 9.91. The number of thiazole rings is 1. The molecule has 2 atom stereocenters. The third-order valence-corrected chi connectivity index (χ3v) is 4.41. The highest BCUT2D eigenvalue weighted by Gasteiger charge is 2.30. The van der Waals surface area contributed by atoms with E-state index in [0.717, 1.165) is 47.8 Å². The topological polar surface area (TPSA) is 62.2 Å². The molecule has 0 bridgehead atoms. The van der Waals surface area contributed by atoms with E-state index >= 15 is 0 Å². The smallest absolute Gasteiger partial charge is 0.312 e. The second kappa shape index (κ2) is 5.69. The lowest BCUT2D eigenvalue weighted by molar-refractivity contribution is -0.139. The van der Waals surface area contributed by atoms with Crippen molar-refractivity contribution in [3.8, 4) is 0 Å². The molecule has 5 heteroatoms. The summed E-state index contributed by atoms with van der Waals surface area (Å²) in [6, 6.07) is 0.394. The number of carbonyl (C=O) groups is 1. The van der Waals surface area contributed by atoms with E-state index in [1.165, 1.54) is 0 Å². The highest BCUT2D eigenvalue weighted by molar-refractivity contribution is 7.15. The molecule has 0 radical (unpaired) electrons. The molecule has 0 saturated carbocycles. The molecule has 1 aromatic rings. The van der Waals surface area contributed by atoms with Crippen molar-refractivity contribution in [1.82, 2.24) is 4.98 Å². The van der Waals surface area contributed by atoms with Gasteiger partial charge in [-0.2, -0.15) is 0 Å². The molecule has 0 spiro atoms. The van der Waals surface area contributed by atoms with E-state index in [4.69, 9.17) is 0 Å². The fraction of sp³-hybridized carbons (Fsp3) is 0.692. The maximum atomic E-state index is 11.2. The first-order valence-electron chi connectivity index (χ1n) is 6.60. The van der Waals surface area contributed by atoms with Crippen molar-refractivity contribution in [3.05, 3.63) is 10.6 Å². The van der Waals surface area contributed by atoms with Crippen LogP contribution in [0, 0.1) is 0 Å². The van der Waals surface area contributed by atoms with Gasteiger partial charge in [-0.1, -0.05) is 13.3 Å². The molecule has 0 amide bonds. The summed E-state index contributed by atoms with van der Waals surface area (Å²) in [6.07, 6.45) is 4.89. The highest BCUT2D eigenvalue weighted by Crippen LogP contribution is 2.37. The van der Waals surface area contributed by atoms with E-state index < -0.39 is 11.9 Å². The zero-order valence-corrected chi connectivity index (χ0v) is 11.7. The Kier molecular flexibility index (Phi) is 4.22. The molecular formula is C13H20N2O2S. The molecule has 2 rings (SSSR count). The predicted octanol–water partition coefficient (Wildman–Crippen LogP) is 3.25. The van der Waals surface area contributed by atoms with E-state index in [1.54, 1.807) is 11.3 Å². The van der Waals surface area contributed by atoms with Crippen molar-refractivity contribution < 1.29 is 9.90 Å². The summed E-state index contributed by atoms with van der Waals surface area (Å²) >= 11 is 1.63. The van der Waals surface area contributed by atoms with Crippen LogP contribution >= 0.6 is 11.3 Å². The van der Waals surface area contributed by atoms with E-state index in [0.29, 0.717) is 6.04 Å². The van der Waals surface area contributed by atoms with Gasteiger partial charge in [0.2, 0.25) is 0 Å². The van der Waals surface area contributed by atoms with Crippen LogP contribution in [0.4, 0.5) is 5.13 Å². The Morgan fingerprint density at radius 2 is 2.44 bits per heavy atom. The number of aromatic nitrogens is 1. The van der Waals surface area contributed by atoms with E-state index in [-0.39, 0.29) is 0 Å². The molecule has 2 N–H and O–H groups in total. The normalized spacial score (nSPS) is 20.2. The largest absolute Gasteiger partial charge is 0.481 e. The Labute approximate surface area is 111 Å². The maximum Gasteiger partial charge on any atom is 0.312 e. The molecule has 18 heavy (non-hydrogen) atoms. The third-order valence-electron chi connectivity index (χ3n) is 3.34. The highest BCUT2D eigenvalue weighted by atomic mass is 32.1. The Hall–Kier alpha value is -1.10. The van der Waals surface area contributed by atoms with Crippen LogP contribution in [0.3, 0.4) is 0 Å². The van der Waals surface area contributed by atoms with Gasteiger partial charge >= 0.3 is 5.97 Å². The zero-order chi connectivity index (χ0) is 13.1. The molecule has 100 valence electrons. The average molecular weight is 268 g/mol. The monoisotopic (exact) mass is 268 g/mol. The quantitative estimate of drug-likeness (QED) is 0.860. The molecule has 0 aliphatic heterocycles. The first-order chi connectivity index (χ1) is 8.61. The number of carboxylic acid groups (broad SMARTS) is 1. The second-order valence-corrected chi connectivity index (χ2v) is 6.03. The van der Waals surface area contributed by atoms with Gasteiger partial charge in [-0.05, 0) is 32.6 Å². The molecule has 1 heterocycles.